The van der Waals surface area contributed by atoms with Crippen molar-refractivity contribution in [3.05, 3.63) is 52.8 Å². The van der Waals surface area contributed by atoms with Crippen LogP contribution < -0.4 is 9.47 Å². The van der Waals surface area contributed by atoms with Crippen molar-refractivity contribution < 1.29 is 14.3 Å². The number of carbonyl (C=O) groups is 1. The van der Waals surface area contributed by atoms with E-state index < -0.39 is 0 Å². The summed E-state index contributed by atoms with van der Waals surface area (Å²) in [5, 5.41) is 0.315. The number of imidazole rings is 1. The number of halogens is 1. The van der Waals surface area contributed by atoms with Gasteiger partial charge in [-0.25, -0.2) is 4.98 Å². The van der Waals surface area contributed by atoms with E-state index in [4.69, 9.17) is 21.1 Å². The number of H-pyrrole nitrogens is 1. The summed E-state index contributed by atoms with van der Waals surface area (Å²) >= 11 is 6.01. The average molecular weight is 317 g/mol. The zero-order valence-electron chi connectivity index (χ0n) is 11.8. The van der Waals surface area contributed by atoms with Gasteiger partial charge in [-0.1, -0.05) is 23.7 Å². The fourth-order valence-corrected chi connectivity index (χ4v) is 2.33. The number of benzene rings is 2. The van der Waals surface area contributed by atoms with Crippen LogP contribution >= 0.6 is 11.6 Å². The van der Waals surface area contributed by atoms with E-state index >= 15 is 0 Å². The number of ether oxygens (including phenoxy) is 2. The van der Waals surface area contributed by atoms with Crippen molar-refractivity contribution in [2.75, 3.05) is 7.11 Å². The maximum atomic E-state index is 10.9. The number of rotatable bonds is 5. The lowest BCUT2D eigenvalue weighted by atomic mass is 10.2. The topological polar surface area (TPSA) is 64.2 Å². The third-order valence-corrected chi connectivity index (χ3v) is 3.54. The fourth-order valence-electron chi connectivity index (χ4n) is 2.13. The molecule has 1 N–H and O–H groups in total. The molecule has 0 amide bonds. The van der Waals surface area contributed by atoms with Gasteiger partial charge in [-0.05, 0) is 18.2 Å². The van der Waals surface area contributed by atoms with Crippen molar-refractivity contribution >= 4 is 28.9 Å². The number of hydrogen-bond acceptors (Lipinski definition) is 4. The van der Waals surface area contributed by atoms with E-state index in [1.807, 2.05) is 24.3 Å². The summed E-state index contributed by atoms with van der Waals surface area (Å²) in [6, 6.07) is 10.8. The first-order chi connectivity index (χ1) is 10.7. The number of hydrogen-bond donors (Lipinski definition) is 1. The summed E-state index contributed by atoms with van der Waals surface area (Å²) in [6.45, 7) is 0.238. The maximum Gasteiger partial charge on any atom is 0.163 e. The molecule has 2 aromatic carbocycles. The first-order valence-corrected chi connectivity index (χ1v) is 6.98. The number of methoxy groups -OCH3 is 1. The van der Waals surface area contributed by atoms with Gasteiger partial charge in [0.2, 0.25) is 0 Å². The molecule has 0 spiro atoms. The van der Waals surface area contributed by atoms with Crippen LogP contribution in [-0.4, -0.2) is 23.4 Å². The van der Waals surface area contributed by atoms with E-state index in [1.54, 1.807) is 12.1 Å². The van der Waals surface area contributed by atoms with Crippen molar-refractivity contribution in [2.45, 2.75) is 6.61 Å². The van der Waals surface area contributed by atoms with Gasteiger partial charge in [-0.2, -0.15) is 0 Å². The number of aromatic nitrogens is 2. The lowest BCUT2D eigenvalue weighted by Gasteiger charge is -2.11. The Labute approximate surface area is 131 Å². The van der Waals surface area contributed by atoms with Crippen LogP contribution in [0, 0.1) is 0 Å². The molecule has 0 unspecified atom stereocenters. The van der Waals surface area contributed by atoms with E-state index in [0.29, 0.717) is 34.2 Å². The number of carbonyl (C=O) groups excluding carboxylic acids is 1. The minimum absolute atomic E-state index is 0.238. The van der Waals surface area contributed by atoms with Crippen molar-refractivity contribution in [1.29, 1.82) is 0 Å². The van der Waals surface area contributed by atoms with Gasteiger partial charge in [-0.15, -0.1) is 0 Å². The number of nitrogens with one attached hydrogen (secondary N) is 1. The van der Waals surface area contributed by atoms with Crippen molar-refractivity contribution in [1.82, 2.24) is 9.97 Å². The summed E-state index contributed by atoms with van der Waals surface area (Å²) in [4.78, 5) is 18.5. The molecule has 0 atom stereocenters. The predicted molar refractivity (Wildman–Crippen MR) is 83.8 cm³/mol. The van der Waals surface area contributed by atoms with Gasteiger partial charge in [-0.3, -0.25) is 4.79 Å². The van der Waals surface area contributed by atoms with E-state index in [9.17, 15) is 4.79 Å². The van der Waals surface area contributed by atoms with Gasteiger partial charge in [0, 0.05) is 11.6 Å². The number of nitrogens with zero attached hydrogens (tertiary/aromatic N) is 1. The van der Waals surface area contributed by atoms with Crippen molar-refractivity contribution in [3.8, 4) is 11.5 Å². The van der Waals surface area contributed by atoms with Crippen LogP contribution in [-0.2, 0) is 6.61 Å². The van der Waals surface area contributed by atoms with Crippen molar-refractivity contribution in [2.24, 2.45) is 0 Å². The van der Waals surface area contributed by atoms with Crippen LogP contribution in [0.4, 0.5) is 0 Å². The van der Waals surface area contributed by atoms with Crippen LogP contribution in [0.2, 0.25) is 5.02 Å². The smallest absolute Gasteiger partial charge is 0.163 e. The molecule has 0 saturated heterocycles. The predicted octanol–water partition coefficient (Wildman–Crippen LogP) is 3.62. The van der Waals surface area contributed by atoms with E-state index in [0.717, 1.165) is 11.0 Å². The minimum Gasteiger partial charge on any atom is -0.493 e. The molecule has 0 saturated carbocycles. The average Bonchev–Trinajstić information content (AvgIpc) is 2.95. The zero-order valence-corrected chi connectivity index (χ0v) is 12.6. The van der Waals surface area contributed by atoms with Crippen LogP contribution in [0.25, 0.3) is 11.0 Å². The second kappa shape index (κ2) is 6.07. The highest BCUT2D eigenvalue weighted by Gasteiger charge is 2.11. The monoisotopic (exact) mass is 316 g/mol. The second-order valence-electron chi connectivity index (χ2n) is 4.63. The Morgan fingerprint density at radius 2 is 2.09 bits per heavy atom. The minimum atomic E-state index is 0.238. The van der Waals surface area contributed by atoms with Gasteiger partial charge in [0.05, 0.1) is 23.2 Å². The second-order valence-corrected chi connectivity index (χ2v) is 5.04. The third kappa shape index (κ3) is 2.76. The molecule has 0 aliphatic heterocycles. The summed E-state index contributed by atoms with van der Waals surface area (Å²) in [5.41, 5.74) is 2.18. The van der Waals surface area contributed by atoms with Gasteiger partial charge in [0.15, 0.2) is 17.8 Å². The first kappa shape index (κ1) is 14.4. The van der Waals surface area contributed by atoms with Crippen LogP contribution in [0.3, 0.4) is 0 Å². The third-order valence-electron chi connectivity index (χ3n) is 3.21. The molecule has 5 nitrogen and oxygen atoms in total. The Morgan fingerprint density at radius 3 is 2.82 bits per heavy atom. The molecule has 0 radical (unpaired) electrons. The highest BCUT2D eigenvalue weighted by Crippen LogP contribution is 2.33. The SMILES string of the molecule is COc1cc(C=O)c(Cl)cc1OCc1nc2ccccc2[nH]1. The molecule has 112 valence electrons. The Bertz CT molecular complexity index is 796. The number of fused-ring (bicyclic) bond motifs is 1. The molecule has 0 fully saturated rings. The quantitative estimate of drug-likeness (QED) is 0.730. The Balaban J connectivity index is 1.83. The molecule has 0 aliphatic carbocycles. The summed E-state index contributed by atoms with van der Waals surface area (Å²) < 4.78 is 10.9. The standard InChI is InChI=1S/C16H13ClN2O3/c1-21-14-6-10(8-20)11(17)7-15(14)22-9-16-18-12-4-2-3-5-13(12)19-16/h2-8H,9H2,1H3,(H,18,19). The maximum absolute atomic E-state index is 10.9. The summed E-state index contributed by atoms with van der Waals surface area (Å²) in [5.74, 6) is 1.60. The van der Waals surface area contributed by atoms with Crippen LogP contribution in [0.15, 0.2) is 36.4 Å². The summed E-state index contributed by atoms with van der Waals surface area (Å²) in [6.07, 6.45) is 0.674. The lowest BCUT2D eigenvalue weighted by Crippen LogP contribution is -2.00. The number of para-hydroxylation sites is 2. The van der Waals surface area contributed by atoms with Crippen molar-refractivity contribution in [3.63, 3.8) is 0 Å². The first-order valence-electron chi connectivity index (χ1n) is 6.60. The molecule has 6 heteroatoms. The van der Waals surface area contributed by atoms with E-state index in [2.05, 4.69) is 9.97 Å². The van der Waals surface area contributed by atoms with Gasteiger partial charge in [0.1, 0.15) is 12.4 Å². The van der Waals surface area contributed by atoms with E-state index in [-0.39, 0.29) is 6.61 Å². The Hall–Kier alpha value is -2.53. The van der Waals surface area contributed by atoms with Gasteiger partial charge in [0.25, 0.3) is 0 Å². The molecule has 1 heterocycles. The van der Waals surface area contributed by atoms with Gasteiger partial charge < -0.3 is 14.5 Å². The van der Waals surface area contributed by atoms with Crippen LogP contribution in [0.5, 0.6) is 11.5 Å². The number of aldehydes is 1. The molecule has 0 bridgehead atoms. The highest BCUT2D eigenvalue weighted by atomic mass is 35.5. The summed E-state index contributed by atoms with van der Waals surface area (Å²) in [7, 11) is 1.51. The fraction of sp³-hybridized carbons (Fsp3) is 0.125. The molecule has 3 rings (SSSR count). The van der Waals surface area contributed by atoms with Gasteiger partial charge >= 0.3 is 0 Å². The Morgan fingerprint density at radius 1 is 1.27 bits per heavy atom. The lowest BCUT2D eigenvalue weighted by molar-refractivity contribution is 0.112. The molecule has 0 aliphatic rings. The van der Waals surface area contributed by atoms with Crippen LogP contribution in [0.1, 0.15) is 16.2 Å². The molecule has 1 aromatic heterocycles. The molecular formula is C16H13ClN2O3. The number of aromatic amines is 1. The molecular weight excluding hydrogens is 304 g/mol. The molecule has 3 aromatic rings. The normalized spacial score (nSPS) is 10.6. The Kier molecular flexibility index (Phi) is 3.98. The largest absolute Gasteiger partial charge is 0.493 e. The zero-order chi connectivity index (χ0) is 15.5. The molecule has 22 heavy (non-hydrogen) atoms. The van der Waals surface area contributed by atoms with E-state index in [1.165, 1.54) is 7.11 Å². The highest BCUT2D eigenvalue weighted by molar-refractivity contribution is 6.33.